The second kappa shape index (κ2) is 37.8. The first-order valence-corrected chi connectivity index (χ1v) is 45.9. The molecule has 1 N–H and O–H groups in total. The number of aryl methyl sites for hydroxylation is 5. The third kappa shape index (κ3) is 17.5. The van der Waals surface area contributed by atoms with E-state index in [9.17, 15) is 29.1 Å². The highest BCUT2D eigenvalue weighted by atomic mass is 79.9. The van der Waals surface area contributed by atoms with Crippen molar-refractivity contribution in [1.82, 2.24) is 77.2 Å². The van der Waals surface area contributed by atoms with E-state index in [-0.39, 0.29) is 105 Å². The molecule has 138 heavy (non-hydrogen) atoms. The summed E-state index contributed by atoms with van der Waals surface area (Å²) in [7, 11) is 21.6. The minimum absolute atomic E-state index is 0. The van der Waals surface area contributed by atoms with Gasteiger partial charge in [-0.25, -0.2) is 24.9 Å². The molecule has 0 radical (unpaired) electrons. The first kappa shape index (κ1) is 91.8. The number of hydrogen-bond acceptors (Lipinski definition) is 26. The van der Waals surface area contributed by atoms with E-state index in [0.29, 0.717) is 179 Å². The normalized spacial score (nSPS) is 17.9. The fourth-order valence-corrected chi connectivity index (χ4v) is 19.7. The number of aromatic nitrogens is 10. The van der Waals surface area contributed by atoms with E-state index >= 15 is 0 Å². The van der Waals surface area contributed by atoms with E-state index in [1.807, 2.05) is 129 Å². The molecule has 0 unspecified atom stereocenters. The molecule has 12 aromatic rings. The second-order valence-electron chi connectivity index (χ2n) is 35.6. The highest BCUT2D eigenvalue weighted by Crippen LogP contribution is 2.46. The molecule has 0 bridgehead atoms. The van der Waals surface area contributed by atoms with Gasteiger partial charge in [0, 0.05) is 169 Å². The van der Waals surface area contributed by atoms with E-state index in [1.54, 1.807) is 126 Å². The van der Waals surface area contributed by atoms with Crippen LogP contribution in [0.1, 0.15) is 150 Å². The van der Waals surface area contributed by atoms with Crippen LogP contribution < -0.4 is 42.6 Å². The predicted molar refractivity (Wildman–Crippen MR) is 517 cm³/mol. The number of imidazole rings is 5. The van der Waals surface area contributed by atoms with Crippen molar-refractivity contribution < 1.29 is 71.7 Å². The summed E-state index contributed by atoms with van der Waals surface area (Å²) in [6, 6.07) is 28.5. The van der Waals surface area contributed by atoms with E-state index in [1.165, 1.54) is 13.2 Å². The molecular weight excluding hydrogens is 1830 g/mol. The quantitative estimate of drug-likeness (QED) is 0.0692. The molecule has 5 amide bonds. The van der Waals surface area contributed by atoms with E-state index in [2.05, 4.69) is 75.0 Å². The Morgan fingerprint density at radius 1 is 0.319 bits per heavy atom. The molecule has 37 heteroatoms. The van der Waals surface area contributed by atoms with Crippen molar-refractivity contribution in [3.8, 4) is 57.5 Å². The number of aliphatic imine (C=N–C) groups is 5. The fourth-order valence-electron chi connectivity index (χ4n) is 19.4. The number of phenolic OH excluding ortho intramolecular Hbond substituents is 1. The van der Waals surface area contributed by atoms with Gasteiger partial charge in [0.25, 0.3) is 29.5 Å². The predicted octanol–water partition coefficient (Wildman–Crippen LogP) is 12.8. The van der Waals surface area contributed by atoms with Gasteiger partial charge in [0.05, 0.1) is 215 Å². The van der Waals surface area contributed by atoms with Gasteiger partial charge in [-0.05, 0) is 89.9 Å². The van der Waals surface area contributed by atoms with Crippen LogP contribution in [-0.4, -0.2) is 223 Å². The Labute approximate surface area is 804 Å². The number of carbonyl (C=O) groups is 5. The molecule has 0 saturated carbocycles. The molecule has 7 aromatic carbocycles. The van der Waals surface area contributed by atoms with Gasteiger partial charge < -0.3 is 100.0 Å². The van der Waals surface area contributed by atoms with Gasteiger partial charge in [-0.3, -0.25) is 48.9 Å². The summed E-state index contributed by atoms with van der Waals surface area (Å²) in [4.78, 5) is 125. The molecule has 10 aliphatic rings. The average molecular weight is 1930 g/mol. The summed E-state index contributed by atoms with van der Waals surface area (Å²) in [5.74, 6) is 3.30. The molecule has 710 valence electrons. The van der Waals surface area contributed by atoms with Gasteiger partial charge in [-0.15, -0.1) is 0 Å². The minimum atomic E-state index is -0.183. The Balaban J connectivity index is 0.000000143. The number of hydrogen-bond donors (Lipinski definition) is 1. The third-order valence-corrected chi connectivity index (χ3v) is 27.3. The van der Waals surface area contributed by atoms with Crippen molar-refractivity contribution in [2.24, 2.45) is 60.2 Å². The van der Waals surface area contributed by atoms with Crippen LogP contribution in [0.4, 0.5) is 28.4 Å². The number of halogens is 1. The van der Waals surface area contributed by atoms with Gasteiger partial charge in [0.2, 0.25) is 0 Å². The average Bonchev–Trinajstić information content (AvgIpc) is 1.63. The zero-order valence-corrected chi connectivity index (χ0v) is 79.2. The summed E-state index contributed by atoms with van der Waals surface area (Å²) in [5.41, 5.74) is 20.7. The lowest BCUT2D eigenvalue weighted by Gasteiger charge is -2.32. The maximum absolute atomic E-state index is 13.9. The van der Waals surface area contributed by atoms with Gasteiger partial charge in [0.15, 0.2) is 57.5 Å². The van der Waals surface area contributed by atoms with Crippen molar-refractivity contribution in [3.05, 3.63) is 247 Å². The molecule has 36 nitrogen and oxygen atoms in total. The Bertz CT molecular complexity index is 6730. The number of benzene rings is 7. The summed E-state index contributed by atoms with van der Waals surface area (Å²) in [5, 5.41) is 10.5. The Hall–Kier alpha value is -15.3. The lowest BCUT2D eigenvalue weighted by atomic mass is 10.0. The molecule has 0 aliphatic carbocycles. The summed E-state index contributed by atoms with van der Waals surface area (Å²) in [6.45, 7) is 3.74. The first-order valence-electron chi connectivity index (χ1n) is 44.8. The van der Waals surface area contributed by atoms with Crippen LogP contribution in [0.25, 0.3) is 0 Å². The minimum Gasteiger partial charge on any atom is -0.504 e. The standard InChI is InChI=1S/C43H45N9O6.C41H39BrN8O6.C16H16N4O3.CH4/c1-48(2)18-25-7-26(21-57-40-14-32-30(12-38(40)55-5)42(53)51-19-34-36(49(3)23-46-34)10-28(51)16-44-32)9-27(8-25)22-58-41-15-33-31(13-39(41)56-6)43(54)52-20-35-37(50(4)24-47-35)11-29(52)17-45-33;1-47-21-45-32-17-49-26(8-34(32)47)15-43-30-12-38(36(53-3)10-28(30)40(49)51)55-19-24-5-23(14-42)6-25(7-24)20-56-39-13-31-29(11-37(39)54-4)41(52)50-18-33-35(48(2)22-46-33)9-27(50)16-44-31;1-19-8-18-12-7-20-9(3-13(12)19)6-17-11-5-14(21)15(23-2)4-10(11)16(20)22;/h7-9,12-17,23-24,28-29H,10-11,18-22H2,1-6H3;5-7,10-13,15-16,21-22,26-27H,8-9,14,17-20H2,1-4H3;4-6,8-9,21H,3,7H2,1-2H3;1H4/t28-,29-;26-,27-;9-;/m000./s1. The maximum Gasteiger partial charge on any atom is 0.257 e. The highest BCUT2D eigenvalue weighted by molar-refractivity contribution is 9.08. The van der Waals surface area contributed by atoms with Crippen LogP contribution in [-0.2, 0) is 138 Å². The van der Waals surface area contributed by atoms with E-state index in [0.717, 1.165) is 90.3 Å². The molecule has 5 aromatic heterocycles. The Morgan fingerprint density at radius 3 is 0.775 bits per heavy atom. The fraction of sp³-hybridized carbons (Fsp3) is 0.337. The van der Waals surface area contributed by atoms with Crippen LogP contribution >= 0.6 is 15.9 Å². The van der Waals surface area contributed by atoms with Crippen molar-refractivity contribution in [2.45, 2.75) is 141 Å². The molecule has 15 heterocycles. The number of fused-ring (bicyclic) bond motifs is 15. The number of rotatable bonds is 20. The molecule has 0 fully saturated rings. The Kier molecular flexibility index (Phi) is 25.1. The van der Waals surface area contributed by atoms with Crippen LogP contribution in [0.15, 0.2) is 154 Å². The SMILES string of the molecule is C.COc1cc2c(cc1O)N=C[C@@H]1Cc3c(ncn3C)CN1C2=O.COc1cc2c(cc1OCc1cc(CBr)cc(COc3cc4c(cc3OC)C(=O)N3Cc5ncn(C)c5C[C@H]3C=N4)c1)N=C[C@@H]1Cc3c(ncn3C)CN1C2=O.COc1cc2c(cc1OCc1cc(COc3cc4c(cc3OC)C(=O)N3Cc5ncn(C)c5C[C@H]3C=N4)cc(CN(C)C)c1)N=C[C@@H]1Cc3c(ncn3C)CN1C2=O. The maximum atomic E-state index is 13.9. The Morgan fingerprint density at radius 2 is 0.543 bits per heavy atom. The van der Waals surface area contributed by atoms with Gasteiger partial charge in [0.1, 0.15) is 26.4 Å². The summed E-state index contributed by atoms with van der Waals surface area (Å²) in [6.07, 6.45) is 21.3. The van der Waals surface area contributed by atoms with E-state index < -0.39 is 0 Å². The number of alkyl halides is 1. The molecular formula is C101H104BrN21O15. The summed E-state index contributed by atoms with van der Waals surface area (Å²) >= 11 is 3.61. The lowest BCUT2D eigenvalue weighted by Crippen LogP contribution is -2.44. The zero-order chi connectivity index (χ0) is 95.0. The molecule has 0 spiro atoms. The first-order chi connectivity index (χ1) is 66.3. The van der Waals surface area contributed by atoms with Crippen LogP contribution in [0.3, 0.4) is 0 Å². The van der Waals surface area contributed by atoms with Gasteiger partial charge >= 0.3 is 0 Å². The van der Waals surface area contributed by atoms with Crippen molar-refractivity contribution in [1.29, 1.82) is 0 Å². The number of aromatic hydroxyl groups is 1. The highest BCUT2D eigenvalue weighted by Gasteiger charge is 2.42. The van der Waals surface area contributed by atoms with Gasteiger partial charge in [-0.2, -0.15) is 0 Å². The monoisotopic (exact) mass is 1930 g/mol. The van der Waals surface area contributed by atoms with Crippen molar-refractivity contribution in [2.75, 3.05) is 49.6 Å². The number of nitrogens with zero attached hydrogens (tertiary/aromatic N) is 21. The van der Waals surface area contributed by atoms with Gasteiger partial charge in [-0.1, -0.05) is 47.6 Å². The largest absolute Gasteiger partial charge is 0.504 e. The smallest absolute Gasteiger partial charge is 0.257 e. The number of amides is 5. The number of ether oxygens (including phenoxy) is 9. The molecule has 0 saturated heterocycles. The van der Waals surface area contributed by atoms with E-state index in [4.69, 9.17) is 62.6 Å². The topological polar surface area (TPSA) is 359 Å². The summed E-state index contributed by atoms with van der Waals surface area (Å²) < 4.78 is 63.6. The van der Waals surface area contributed by atoms with Crippen molar-refractivity contribution in [3.63, 3.8) is 0 Å². The second-order valence-corrected chi connectivity index (χ2v) is 36.2. The number of methoxy groups -OCH3 is 5. The molecule has 5 atom stereocenters. The van der Waals surface area contributed by atoms with Crippen LogP contribution in [0.5, 0.6) is 57.5 Å². The van der Waals surface area contributed by atoms with Crippen molar-refractivity contribution >= 4 is 105 Å². The van der Waals surface area contributed by atoms with Crippen LogP contribution in [0, 0.1) is 0 Å². The third-order valence-electron chi connectivity index (χ3n) is 26.6. The lowest BCUT2D eigenvalue weighted by molar-refractivity contribution is 0.0691. The molecule has 10 aliphatic heterocycles. The zero-order valence-electron chi connectivity index (χ0n) is 77.6. The number of phenols is 1. The molecule has 22 rings (SSSR count). The number of carbonyl (C=O) groups excluding carboxylic acids is 5. The van der Waals surface area contributed by atoms with Crippen LogP contribution in [0.2, 0.25) is 0 Å².